The highest BCUT2D eigenvalue weighted by molar-refractivity contribution is 7.15. The largest absolute Gasteiger partial charge is 0.462 e. The molecule has 7 heteroatoms. The van der Waals surface area contributed by atoms with Crippen molar-refractivity contribution in [2.75, 3.05) is 11.9 Å². The number of esters is 1. The van der Waals surface area contributed by atoms with Crippen LogP contribution in [0.3, 0.4) is 0 Å². The Morgan fingerprint density at radius 3 is 2.52 bits per heavy atom. The lowest BCUT2D eigenvalue weighted by atomic mass is 10.0. The van der Waals surface area contributed by atoms with E-state index in [2.05, 4.69) is 10.5 Å². The minimum atomic E-state index is -0.488. The topological polar surface area (TPSA) is 81.4 Å². The van der Waals surface area contributed by atoms with Crippen LogP contribution in [-0.2, 0) is 4.74 Å². The molecule has 0 aliphatic rings. The smallest absolute Gasteiger partial charge is 0.341 e. The van der Waals surface area contributed by atoms with Crippen molar-refractivity contribution in [3.8, 4) is 22.5 Å². The SMILES string of the molecule is CCOC(=O)c1c(-c2ccccc2)csc1NC(=O)c1cc(-c2ccc(C)cc2)on1. The Labute approximate surface area is 183 Å². The number of benzene rings is 2. The van der Waals surface area contributed by atoms with Crippen molar-refractivity contribution in [2.45, 2.75) is 13.8 Å². The van der Waals surface area contributed by atoms with E-state index in [-0.39, 0.29) is 12.3 Å². The van der Waals surface area contributed by atoms with Gasteiger partial charge in [0.1, 0.15) is 10.6 Å². The Balaban J connectivity index is 1.62. The average molecular weight is 433 g/mol. The van der Waals surface area contributed by atoms with Crippen LogP contribution >= 0.6 is 11.3 Å². The molecule has 6 nitrogen and oxygen atoms in total. The first-order chi connectivity index (χ1) is 15.1. The first-order valence-electron chi connectivity index (χ1n) is 9.76. The maximum atomic E-state index is 12.8. The molecule has 1 N–H and O–H groups in total. The summed E-state index contributed by atoms with van der Waals surface area (Å²) in [6.45, 7) is 3.97. The van der Waals surface area contributed by atoms with Crippen molar-refractivity contribution < 1.29 is 18.8 Å². The number of carbonyl (C=O) groups excluding carboxylic acids is 2. The third-order valence-electron chi connectivity index (χ3n) is 4.66. The van der Waals surface area contributed by atoms with Gasteiger partial charge in [-0.2, -0.15) is 0 Å². The summed E-state index contributed by atoms with van der Waals surface area (Å²) >= 11 is 1.26. The van der Waals surface area contributed by atoms with E-state index in [1.165, 1.54) is 11.3 Å². The Kier molecular flexibility index (Phi) is 5.95. The molecule has 2 heterocycles. The summed E-state index contributed by atoms with van der Waals surface area (Å²) in [7, 11) is 0. The van der Waals surface area contributed by atoms with Crippen LogP contribution in [-0.4, -0.2) is 23.6 Å². The molecule has 0 radical (unpaired) electrons. The predicted octanol–water partition coefficient (Wildman–Crippen LogP) is 5.81. The molecule has 4 rings (SSSR count). The first-order valence-corrected chi connectivity index (χ1v) is 10.6. The third-order valence-corrected chi connectivity index (χ3v) is 5.56. The second-order valence-corrected chi connectivity index (χ2v) is 7.72. The van der Waals surface area contributed by atoms with Gasteiger partial charge >= 0.3 is 5.97 Å². The van der Waals surface area contributed by atoms with Crippen LogP contribution in [0, 0.1) is 6.92 Å². The molecule has 2 aromatic carbocycles. The fourth-order valence-electron chi connectivity index (χ4n) is 3.09. The predicted molar refractivity (Wildman–Crippen MR) is 120 cm³/mol. The summed E-state index contributed by atoms with van der Waals surface area (Å²) in [5.41, 5.74) is 3.98. The van der Waals surface area contributed by atoms with Gasteiger partial charge in [0.2, 0.25) is 0 Å². The Morgan fingerprint density at radius 1 is 1.06 bits per heavy atom. The fourth-order valence-corrected chi connectivity index (χ4v) is 4.04. The number of amides is 1. The van der Waals surface area contributed by atoms with Crippen LogP contribution < -0.4 is 5.32 Å². The van der Waals surface area contributed by atoms with E-state index in [9.17, 15) is 9.59 Å². The fraction of sp³-hybridized carbons (Fsp3) is 0.125. The van der Waals surface area contributed by atoms with Crippen molar-refractivity contribution in [2.24, 2.45) is 0 Å². The molecule has 0 saturated heterocycles. The molecule has 1 amide bonds. The van der Waals surface area contributed by atoms with Crippen molar-refractivity contribution in [3.63, 3.8) is 0 Å². The molecule has 0 bridgehead atoms. The van der Waals surface area contributed by atoms with E-state index in [1.54, 1.807) is 13.0 Å². The van der Waals surface area contributed by atoms with E-state index in [0.29, 0.717) is 21.9 Å². The van der Waals surface area contributed by atoms with Gasteiger partial charge < -0.3 is 14.6 Å². The van der Waals surface area contributed by atoms with Crippen LogP contribution in [0.1, 0.15) is 33.3 Å². The van der Waals surface area contributed by atoms with Gasteiger partial charge in [0.25, 0.3) is 5.91 Å². The number of hydrogen-bond acceptors (Lipinski definition) is 6. The molecule has 0 unspecified atom stereocenters. The van der Waals surface area contributed by atoms with E-state index in [1.807, 2.05) is 66.9 Å². The van der Waals surface area contributed by atoms with Crippen LogP contribution in [0.2, 0.25) is 0 Å². The van der Waals surface area contributed by atoms with E-state index in [4.69, 9.17) is 9.26 Å². The molecule has 2 aromatic heterocycles. The number of carbonyl (C=O) groups is 2. The van der Waals surface area contributed by atoms with Crippen LogP contribution in [0.4, 0.5) is 5.00 Å². The number of rotatable bonds is 6. The summed E-state index contributed by atoms with van der Waals surface area (Å²) in [5, 5.41) is 8.91. The van der Waals surface area contributed by atoms with Gasteiger partial charge in [0.15, 0.2) is 11.5 Å². The van der Waals surface area contributed by atoms with Gasteiger partial charge in [-0.25, -0.2) is 4.79 Å². The number of aryl methyl sites for hydroxylation is 1. The van der Waals surface area contributed by atoms with Crippen LogP contribution in [0.5, 0.6) is 0 Å². The molecule has 0 spiro atoms. The minimum absolute atomic E-state index is 0.125. The molecular weight excluding hydrogens is 412 g/mol. The van der Waals surface area contributed by atoms with Gasteiger partial charge in [0, 0.05) is 22.6 Å². The van der Waals surface area contributed by atoms with E-state index in [0.717, 1.165) is 16.7 Å². The lowest BCUT2D eigenvalue weighted by Crippen LogP contribution is -2.15. The van der Waals surface area contributed by atoms with Crippen molar-refractivity contribution in [1.82, 2.24) is 5.16 Å². The zero-order chi connectivity index (χ0) is 21.8. The number of ether oxygens (including phenoxy) is 1. The Bertz CT molecular complexity index is 1210. The zero-order valence-corrected chi connectivity index (χ0v) is 17.9. The number of hydrogen-bond donors (Lipinski definition) is 1. The molecule has 156 valence electrons. The monoisotopic (exact) mass is 432 g/mol. The number of nitrogens with zero attached hydrogens (tertiary/aromatic N) is 1. The molecule has 0 aliphatic heterocycles. The normalized spacial score (nSPS) is 10.6. The maximum absolute atomic E-state index is 12.8. The average Bonchev–Trinajstić information content (AvgIpc) is 3.43. The maximum Gasteiger partial charge on any atom is 0.341 e. The van der Waals surface area contributed by atoms with Gasteiger partial charge in [0.05, 0.1) is 6.61 Å². The Hall–Kier alpha value is -3.71. The molecule has 0 saturated carbocycles. The summed E-state index contributed by atoms with van der Waals surface area (Å²) in [4.78, 5) is 25.5. The zero-order valence-electron chi connectivity index (χ0n) is 17.0. The van der Waals surface area contributed by atoms with Crippen LogP contribution in [0.25, 0.3) is 22.5 Å². The van der Waals surface area contributed by atoms with Gasteiger partial charge in [-0.15, -0.1) is 11.3 Å². The molecule has 0 atom stereocenters. The van der Waals surface area contributed by atoms with E-state index >= 15 is 0 Å². The summed E-state index contributed by atoms with van der Waals surface area (Å²) in [6.07, 6.45) is 0. The second-order valence-electron chi connectivity index (χ2n) is 6.84. The van der Waals surface area contributed by atoms with Crippen molar-refractivity contribution in [3.05, 3.63) is 82.9 Å². The molecule has 0 aliphatic carbocycles. The van der Waals surface area contributed by atoms with Crippen molar-refractivity contribution >= 4 is 28.2 Å². The highest BCUT2D eigenvalue weighted by Crippen LogP contribution is 2.36. The quantitative estimate of drug-likeness (QED) is 0.389. The summed E-state index contributed by atoms with van der Waals surface area (Å²) < 4.78 is 10.6. The molecular formula is C24H20N2O4S. The number of nitrogens with one attached hydrogen (secondary N) is 1. The van der Waals surface area contributed by atoms with Gasteiger partial charge in [-0.3, -0.25) is 4.79 Å². The van der Waals surface area contributed by atoms with Gasteiger partial charge in [-0.1, -0.05) is 65.3 Å². The third kappa shape index (κ3) is 4.41. The number of thiophene rings is 1. The molecule has 4 aromatic rings. The molecule has 31 heavy (non-hydrogen) atoms. The lowest BCUT2D eigenvalue weighted by Gasteiger charge is -2.08. The Morgan fingerprint density at radius 2 is 1.81 bits per heavy atom. The number of aromatic nitrogens is 1. The standard InChI is InChI=1S/C24H20N2O4S/c1-3-29-24(28)21-18(16-7-5-4-6-8-16)14-31-23(21)25-22(27)19-13-20(30-26-19)17-11-9-15(2)10-12-17/h4-14H,3H2,1-2H3,(H,25,27). The minimum Gasteiger partial charge on any atom is -0.462 e. The van der Waals surface area contributed by atoms with Gasteiger partial charge in [-0.05, 0) is 19.4 Å². The summed E-state index contributed by atoms with van der Waals surface area (Å²) in [5.74, 6) is -0.459. The lowest BCUT2D eigenvalue weighted by molar-refractivity contribution is 0.0529. The first kappa shape index (κ1) is 20.6. The second kappa shape index (κ2) is 8.97. The highest BCUT2D eigenvalue weighted by Gasteiger charge is 2.24. The van der Waals surface area contributed by atoms with Crippen molar-refractivity contribution in [1.29, 1.82) is 0 Å². The summed E-state index contributed by atoms with van der Waals surface area (Å²) in [6, 6.07) is 18.8. The highest BCUT2D eigenvalue weighted by atomic mass is 32.1. The van der Waals surface area contributed by atoms with E-state index < -0.39 is 11.9 Å². The molecule has 0 fully saturated rings. The van der Waals surface area contributed by atoms with Crippen LogP contribution in [0.15, 0.2) is 70.6 Å². The number of anilines is 1.